The van der Waals surface area contributed by atoms with Crippen LogP contribution < -0.4 is 11.1 Å². The van der Waals surface area contributed by atoms with Gasteiger partial charge in [-0.15, -0.1) is 0 Å². The Bertz CT molecular complexity index is 695. The van der Waals surface area contributed by atoms with E-state index in [4.69, 9.17) is 18.0 Å². The highest BCUT2D eigenvalue weighted by Crippen LogP contribution is 2.47. The summed E-state index contributed by atoms with van der Waals surface area (Å²) in [5, 5.41) is 6.98. The van der Waals surface area contributed by atoms with E-state index in [1.165, 1.54) is 5.56 Å². The number of nitrogens with zero attached hydrogens (tertiary/aromatic N) is 2. The molecule has 1 heterocycles. The van der Waals surface area contributed by atoms with Crippen LogP contribution >= 0.6 is 12.2 Å². The van der Waals surface area contributed by atoms with Crippen LogP contribution in [0.3, 0.4) is 0 Å². The van der Waals surface area contributed by atoms with Crippen LogP contribution in [0.5, 0.6) is 0 Å². The molecule has 3 rings (SSSR count). The molecule has 0 radical (unpaired) electrons. The summed E-state index contributed by atoms with van der Waals surface area (Å²) in [6.07, 6.45) is 2.44. The highest BCUT2D eigenvalue weighted by atomic mass is 32.1. The number of thiocarbonyl (C=S) groups is 1. The average Bonchev–Trinajstić information content (AvgIpc) is 3.20. The molecule has 0 saturated heterocycles. The number of anilines is 1. The SMILES string of the molecule is Cn1ncc(C(N)=S)c1NC(=O)C1CC1c1ccccc1. The lowest BCUT2D eigenvalue weighted by atomic mass is 10.1. The summed E-state index contributed by atoms with van der Waals surface area (Å²) in [5.41, 5.74) is 7.44. The first kappa shape index (κ1) is 13.8. The molecule has 1 aliphatic carbocycles. The Morgan fingerprint density at radius 2 is 2.14 bits per heavy atom. The van der Waals surface area contributed by atoms with E-state index in [0.29, 0.717) is 17.3 Å². The molecule has 21 heavy (non-hydrogen) atoms. The molecular formula is C15H16N4OS. The fourth-order valence-electron chi connectivity index (χ4n) is 2.53. The molecule has 1 fully saturated rings. The van der Waals surface area contributed by atoms with Crippen molar-refractivity contribution in [2.45, 2.75) is 12.3 Å². The third-order valence-electron chi connectivity index (χ3n) is 3.80. The molecule has 2 unspecified atom stereocenters. The number of rotatable bonds is 4. The van der Waals surface area contributed by atoms with Crippen LogP contribution in [0.4, 0.5) is 5.82 Å². The van der Waals surface area contributed by atoms with Gasteiger partial charge in [0.1, 0.15) is 10.8 Å². The lowest BCUT2D eigenvalue weighted by Crippen LogP contribution is -2.20. The number of amides is 1. The summed E-state index contributed by atoms with van der Waals surface area (Å²) in [7, 11) is 1.75. The number of nitrogens with one attached hydrogen (secondary N) is 1. The minimum atomic E-state index is -0.00930. The molecule has 1 aliphatic rings. The number of carbonyl (C=O) groups is 1. The lowest BCUT2D eigenvalue weighted by molar-refractivity contribution is -0.117. The highest BCUT2D eigenvalue weighted by molar-refractivity contribution is 7.80. The van der Waals surface area contributed by atoms with Crippen LogP contribution in [0.2, 0.25) is 0 Å². The fourth-order valence-corrected chi connectivity index (χ4v) is 2.68. The summed E-state index contributed by atoms with van der Waals surface area (Å²) >= 11 is 4.97. The van der Waals surface area contributed by atoms with Gasteiger partial charge in [0, 0.05) is 13.0 Å². The summed E-state index contributed by atoms with van der Waals surface area (Å²) in [6, 6.07) is 10.1. The lowest BCUT2D eigenvalue weighted by Gasteiger charge is -2.07. The molecule has 5 nitrogen and oxygen atoms in total. The number of aryl methyl sites for hydroxylation is 1. The maximum absolute atomic E-state index is 12.3. The van der Waals surface area contributed by atoms with Crippen molar-refractivity contribution in [2.75, 3.05) is 5.32 Å². The summed E-state index contributed by atoms with van der Waals surface area (Å²) < 4.78 is 1.58. The van der Waals surface area contributed by atoms with E-state index in [9.17, 15) is 4.79 Å². The zero-order valence-electron chi connectivity index (χ0n) is 11.6. The van der Waals surface area contributed by atoms with Gasteiger partial charge in [-0.1, -0.05) is 42.5 Å². The summed E-state index contributed by atoms with van der Waals surface area (Å²) in [4.78, 5) is 12.6. The molecule has 108 valence electrons. The van der Waals surface area contributed by atoms with Crippen LogP contribution in [0.15, 0.2) is 36.5 Å². The van der Waals surface area contributed by atoms with E-state index in [1.807, 2.05) is 18.2 Å². The van der Waals surface area contributed by atoms with Gasteiger partial charge in [0.05, 0.1) is 11.8 Å². The Kier molecular flexibility index (Phi) is 3.47. The van der Waals surface area contributed by atoms with Crippen molar-refractivity contribution in [3.8, 4) is 0 Å². The van der Waals surface area contributed by atoms with Gasteiger partial charge in [0.2, 0.25) is 5.91 Å². The van der Waals surface area contributed by atoms with Crippen LogP contribution in [0.1, 0.15) is 23.5 Å². The van der Waals surface area contributed by atoms with Gasteiger partial charge in [0.25, 0.3) is 0 Å². The van der Waals surface area contributed by atoms with Gasteiger partial charge in [-0.2, -0.15) is 5.10 Å². The number of hydrogen-bond acceptors (Lipinski definition) is 3. The summed E-state index contributed by atoms with van der Waals surface area (Å²) in [6.45, 7) is 0. The predicted octanol–water partition coefficient (Wildman–Crippen LogP) is 1.80. The number of nitrogens with two attached hydrogens (primary N) is 1. The third-order valence-corrected chi connectivity index (χ3v) is 4.02. The number of aromatic nitrogens is 2. The number of benzene rings is 1. The molecule has 0 bridgehead atoms. The normalized spacial score (nSPS) is 20.0. The zero-order chi connectivity index (χ0) is 15.0. The molecule has 3 N–H and O–H groups in total. The Labute approximate surface area is 128 Å². The molecular weight excluding hydrogens is 284 g/mol. The first-order chi connectivity index (χ1) is 10.1. The standard InChI is InChI=1S/C15H16N4OS/c1-19-14(12(8-17-19)13(16)21)18-15(20)11-7-10(11)9-5-3-2-4-6-9/h2-6,8,10-11H,7H2,1H3,(H2,16,21)(H,18,20). The van der Waals surface area contributed by atoms with Gasteiger partial charge in [0.15, 0.2) is 0 Å². The Balaban J connectivity index is 1.72. The molecule has 1 saturated carbocycles. The van der Waals surface area contributed by atoms with Crippen molar-refractivity contribution >= 4 is 28.9 Å². The molecule has 0 aliphatic heterocycles. The molecule has 2 atom stereocenters. The Hall–Kier alpha value is -2.21. The van der Waals surface area contributed by atoms with Crippen molar-refractivity contribution in [3.63, 3.8) is 0 Å². The van der Waals surface area contributed by atoms with Gasteiger partial charge < -0.3 is 11.1 Å². The first-order valence-electron chi connectivity index (χ1n) is 6.75. The minimum absolute atomic E-state index is 0.00139. The predicted molar refractivity (Wildman–Crippen MR) is 85.0 cm³/mol. The Morgan fingerprint density at radius 3 is 2.81 bits per heavy atom. The topological polar surface area (TPSA) is 72.9 Å². The second kappa shape index (κ2) is 5.29. The maximum atomic E-state index is 12.3. The van der Waals surface area contributed by atoms with Gasteiger partial charge in [-0.05, 0) is 17.9 Å². The highest BCUT2D eigenvalue weighted by Gasteiger charge is 2.44. The van der Waals surface area contributed by atoms with Crippen LogP contribution in [-0.2, 0) is 11.8 Å². The second-order valence-electron chi connectivity index (χ2n) is 5.24. The van der Waals surface area contributed by atoms with E-state index in [0.717, 1.165) is 6.42 Å². The van der Waals surface area contributed by atoms with Gasteiger partial charge in [-0.3, -0.25) is 9.48 Å². The zero-order valence-corrected chi connectivity index (χ0v) is 12.4. The smallest absolute Gasteiger partial charge is 0.229 e. The molecule has 1 amide bonds. The summed E-state index contributed by atoms with van der Waals surface area (Å²) in [5.74, 6) is 0.852. The van der Waals surface area contributed by atoms with Crippen molar-refractivity contribution in [3.05, 3.63) is 47.7 Å². The van der Waals surface area contributed by atoms with Crippen molar-refractivity contribution in [1.82, 2.24) is 9.78 Å². The maximum Gasteiger partial charge on any atom is 0.229 e. The average molecular weight is 300 g/mol. The quantitative estimate of drug-likeness (QED) is 0.845. The van der Waals surface area contributed by atoms with Crippen LogP contribution in [0.25, 0.3) is 0 Å². The molecule has 0 spiro atoms. The van der Waals surface area contributed by atoms with Crippen LogP contribution in [-0.4, -0.2) is 20.7 Å². The Morgan fingerprint density at radius 1 is 1.43 bits per heavy atom. The largest absolute Gasteiger partial charge is 0.389 e. The van der Waals surface area contributed by atoms with Crippen molar-refractivity contribution in [2.24, 2.45) is 18.7 Å². The van der Waals surface area contributed by atoms with Gasteiger partial charge in [-0.25, -0.2) is 0 Å². The molecule has 6 heteroatoms. The molecule has 1 aromatic carbocycles. The van der Waals surface area contributed by atoms with Crippen molar-refractivity contribution in [1.29, 1.82) is 0 Å². The molecule has 1 aromatic heterocycles. The van der Waals surface area contributed by atoms with E-state index < -0.39 is 0 Å². The second-order valence-corrected chi connectivity index (χ2v) is 5.68. The van der Waals surface area contributed by atoms with E-state index in [1.54, 1.807) is 17.9 Å². The number of carbonyl (C=O) groups excluding carboxylic acids is 1. The van der Waals surface area contributed by atoms with Crippen LogP contribution in [0, 0.1) is 5.92 Å². The minimum Gasteiger partial charge on any atom is -0.389 e. The van der Waals surface area contributed by atoms with E-state index in [2.05, 4.69) is 22.5 Å². The fraction of sp³-hybridized carbons (Fsp3) is 0.267. The van der Waals surface area contributed by atoms with Crippen molar-refractivity contribution < 1.29 is 4.79 Å². The monoisotopic (exact) mass is 300 g/mol. The third kappa shape index (κ3) is 2.67. The van der Waals surface area contributed by atoms with Gasteiger partial charge >= 0.3 is 0 Å². The molecule has 2 aromatic rings. The van der Waals surface area contributed by atoms with E-state index >= 15 is 0 Å². The van der Waals surface area contributed by atoms with E-state index in [-0.39, 0.29) is 16.8 Å². The first-order valence-corrected chi connectivity index (χ1v) is 7.16. The number of hydrogen-bond donors (Lipinski definition) is 2.